The largest absolute Gasteiger partial charge is 0.366 e. The minimum atomic E-state index is -0.437. The summed E-state index contributed by atoms with van der Waals surface area (Å²) in [4.78, 5) is 12.1. The van der Waals surface area contributed by atoms with Crippen molar-refractivity contribution in [2.45, 2.75) is 4.90 Å². The van der Waals surface area contributed by atoms with Crippen molar-refractivity contribution in [3.63, 3.8) is 0 Å². The van der Waals surface area contributed by atoms with Crippen LogP contribution in [0.15, 0.2) is 59.5 Å². The van der Waals surface area contributed by atoms with Gasteiger partial charge in [0.25, 0.3) is 0 Å². The highest BCUT2D eigenvalue weighted by atomic mass is 32.2. The van der Waals surface area contributed by atoms with Gasteiger partial charge in [-0.1, -0.05) is 36.4 Å². The monoisotopic (exact) mass is 269 g/mol. The molecule has 0 aliphatic carbocycles. The summed E-state index contributed by atoms with van der Waals surface area (Å²) in [7, 11) is 0. The Morgan fingerprint density at radius 2 is 1.79 bits per heavy atom. The van der Waals surface area contributed by atoms with E-state index in [1.165, 1.54) is 11.0 Å². The molecule has 0 fully saturated rings. The molecule has 0 aliphatic rings. The van der Waals surface area contributed by atoms with Crippen LogP contribution in [0, 0.1) is 0 Å². The van der Waals surface area contributed by atoms with Crippen molar-refractivity contribution in [3.05, 3.63) is 60.2 Å². The average Bonchev–Trinajstić information content (AvgIpc) is 2.45. The maximum Gasteiger partial charge on any atom is 0.241 e. The van der Waals surface area contributed by atoms with Gasteiger partial charge in [-0.15, -0.1) is 11.8 Å². The highest BCUT2D eigenvalue weighted by molar-refractivity contribution is 7.98. The van der Waals surface area contributed by atoms with Crippen molar-refractivity contribution in [2.75, 3.05) is 6.26 Å². The van der Waals surface area contributed by atoms with E-state index in [0.29, 0.717) is 0 Å². The van der Waals surface area contributed by atoms with Crippen LogP contribution < -0.4 is 5.73 Å². The van der Waals surface area contributed by atoms with Crippen LogP contribution in [-0.2, 0) is 4.79 Å². The first-order valence-corrected chi connectivity index (χ1v) is 7.14. The number of carbonyl (C=O) groups excluding carboxylic acids is 1. The molecule has 2 rings (SSSR count). The molecular weight excluding hydrogens is 254 g/mol. The Hall–Kier alpha value is -2.00. The number of hydrogen-bond donors (Lipinski definition) is 1. The molecule has 2 N–H and O–H groups in total. The van der Waals surface area contributed by atoms with E-state index in [1.807, 2.05) is 24.3 Å². The van der Waals surface area contributed by atoms with Gasteiger partial charge in [0, 0.05) is 11.0 Å². The summed E-state index contributed by atoms with van der Waals surface area (Å²) in [6.45, 7) is 0. The maximum atomic E-state index is 10.8. The number of hydrogen-bond acceptors (Lipinski definition) is 2. The van der Waals surface area contributed by atoms with Crippen molar-refractivity contribution < 1.29 is 4.79 Å². The fraction of sp³-hybridized carbons (Fsp3) is 0.0625. The van der Waals surface area contributed by atoms with Gasteiger partial charge in [0.2, 0.25) is 5.91 Å². The molecule has 0 saturated heterocycles. The molecule has 0 atom stereocenters. The normalized spacial score (nSPS) is 10.8. The van der Waals surface area contributed by atoms with Crippen molar-refractivity contribution in [1.82, 2.24) is 0 Å². The zero-order valence-electron chi connectivity index (χ0n) is 10.7. The van der Waals surface area contributed by atoms with Crippen LogP contribution >= 0.6 is 11.8 Å². The average molecular weight is 269 g/mol. The van der Waals surface area contributed by atoms with Gasteiger partial charge in [-0.2, -0.15) is 0 Å². The molecule has 96 valence electrons. The molecule has 0 unspecified atom stereocenters. The first-order valence-electron chi connectivity index (χ1n) is 5.91. The Balaban J connectivity index is 2.40. The second-order valence-electron chi connectivity index (χ2n) is 4.05. The number of amides is 1. The quantitative estimate of drug-likeness (QED) is 0.681. The standard InChI is InChI=1S/C16H15NOS/c1-19-14-9-6-13(7-10-14)15-5-3-2-4-12(15)8-11-16(17)18/h2-11H,1H3,(H2,17,18)/b11-8+. The second kappa shape index (κ2) is 6.25. The van der Waals surface area contributed by atoms with E-state index in [0.717, 1.165) is 16.7 Å². The SMILES string of the molecule is CSc1ccc(-c2ccccc2/C=C/C(N)=O)cc1. The van der Waals surface area contributed by atoms with Gasteiger partial charge in [0.15, 0.2) is 0 Å². The third-order valence-corrected chi connectivity index (χ3v) is 3.53. The van der Waals surface area contributed by atoms with Crippen LogP contribution in [0.25, 0.3) is 17.2 Å². The third-order valence-electron chi connectivity index (χ3n) is 2.79. The fourth-order valence-electron chi connectivity index (χ4n) is 1.85. The van der Waals surface area contributed by atoms with Gasteiger partial charge in [0.05, 0.1) is 0 Å². The molecule has 1 amide bonds. The minimum absolute atomic E-state index is 0.437. The molecule has 0 aromatic heterocycles. The maximum absolute atomic E-state index is 10.8. The summed E-state index contributed by atoms with van der Waals surface area (Å²) < 4.78 is 0. The number of benzene rings is 2. The van der Waals surface area contributed by atoms with Gasteiger partial charge < -0.3 is 5.73 Å². The molecule has 3 heteroatoms. The summed E-state index contributed by atoms with van der Waals surface area (Å²) in [6.07, 6.45) is 5.19. The Bertz CT molecular complexity index is 602. The van der Waals surface area contributed by atoms with Gasteiger partial charge in [-0.05, 0) is 41.2 Å². The lowest BCUT2D eigenvalue weighted by Crippen LogP contribution is -2.05. The summed E-state index contributed by atoms with van der Waals surface area (Å²) in [5.41, 5.74) is 8.34. The van der Waals surface area contributed by atoms with Crippen LogP contribution in [0.4, 0.5) is 0 Å². The second-order valence-corrected chi connectivity index (χ2v) is 4.93. The third kappa shape index (κ3) is 3.48. The Morgan fingerprint density at radius 3 is 2.42 bits per heavy atom. The predicted molar refractivity (Wildman–Crippen MR) is 81.9 cm³/mol. The van der Waals surface area contributed by atoms with Crippen molar-refractivity contribution in [2.24, 2.45) is 5.73 Å². The predicted octanol–water partition coefficient (Wildman–Crippen LogP) is 3.57. The Labute approximate surface area is 117 Å². The van der Waals surface area contributed by atoms with Crippen LogP contribution in [0.5, 0.6) is 0 Å². The van der Waals surface area contributed by atoms with Gasteiger partial charge >= 0.3 is 0 Å². The summed E-state index contributed by atoms with van der Waals surface area (Å²) in [5, 5.41) is 0. The highest BCUT2D eigenvalue weighted by Gasteiger charge is 2.02. The molecule has 2 aromatic carbocycles. The lowest BCUT2D eigenvalue weighted by Gasteiger charge is -2.07. The van der Waals surface area contributed by atoms with E-state index in [9.17, 15) is 4.79 Å². The van der Waals surface area contributed by atoms with Gasteiger partial charge in [-0.25, -0.2) is 0 Å². The number of nitrogens with two attached hydrogens (primary N) is 1. The van der Waals surface area contributed by atoms with E-state index < -0.39 is 5.91 Å². The number of rotatable bonds is 4. The van der Waals surface area contributed by atoms with E-state index in [-0.39, 0.29) is 0 Å². The first kappa shape index (κ1) is 13.4. The number of primary amides is 1. The molecule has 0 aliphatic heterocycles. The molecule has 0 bridgehead atoms. The zero-order chi connectivity index (χ0) is 13.7. The number of thioether (sulfide) groups is 1. The summed E-state index contributed by atoms with van der Waals surface area (Å²) in [5.74, 6) is -0.437. The van der Waals surface area contributed by atoms with Crippen LogP contribution in [0.3, 0.4) is 0 Å². The lowest BCUT2D eigenvalue weighted by molar-refractivity contribution is -0.113. The molecule has 0 spiro atoms. The zero-order valence-corrected chi connectivity index (χ0v) is 11.5. The van der Waals surface area contributed by atoms with Crippen molar-refractivity contribution in [1.29, 1.82) is 0 Å². The van der Waals surface area contributed by atoms with Crippen molar-refractivity contribution in [3.8, 4) is 11.1 Å². The van der Waals surface area contributed by atoms with E-state index in [1.54, 1.807) is 17.8 Å². The smallest absolute Gasteiger partial charge is 0.241 e. The lowest BCUT2D eigenvalue weighted by atomic mass is 9.99. The van der Waals surface area contributed by atoms with E-state index >= 15 is 0 Å². The van der Waals surface area contributed by atoms with Crippen LogP contribution in [0.1, 0.15) is 5.56 Å². The Kier molecular flexibility index (Phi) is 4.42. The molecule has 0 heterocycles. The fourth-order valence-corrected chi connectivity index (χ4v) is 2.26. The molecule has 0 radical (unpaired) electrons. The van der Waals surface area contributed by atoms with Gasteiger partial charge in [-0.3, -0.25) is 4.79 Å². The van der Waals surface area contributed by atoms with Crippen LogP contribution in [-0.4, -0.2) is 12.2 Å². The van der Waals surface area contributed by atoms with Gasteiger partial charge in [0.1, 0.15) is 0 Å². The highest BCUT2D eigenvalue weighted by Crippen LogP contribution is 2.26. The molecule has 19 heavy (non-hydrogen) atoms. The molecule has 2 nitrogen and oxygen atoms in total. The topological polar surface area (TPSA) is 43.1 Å². The van der Waals surface area contributed by atoms with Crippen LogP contribution in [0.2, 0.25) is 0 Å². The molecule has 2 aromatic rings. The first-order chi connectivity index (χ1) is 9.20. The number of carbonyl (C=O) groups is 1. The minimum Gasteiger partial charge on any atom is -0.366 e. The van der Waals surface area contributed by atoms with Crippen molar-refractivity contribution >= 4 is 23.7 Å². The molecule has 0 saturated carbocycles. The summed E-state index contributed by atoms with van der Waals surface area (Å²) >= 11 is 1.72. The summed E-state index contributed by atoms with van der Waals surface area (Å²) in [6, 6.07) is 16.3. The van der Waals surface area contributed by atoms with E-state index in [4.69, 9.17) is 5.73 Å². The Morgan fingerprint density at radius 1 is 1.11 bits per heavy atom. The van der Waals surface area contributed by atoms with E-state index in [2.05, 4.69) is 30.5 Å². The molecular formula is C16H15NOS.